The summed E-state index contributed by atoms with van der Waals surface area (Å²) >= 11 is 0. The summed E-state index contributed by atoms with van der Waals surface area (Å²) in [5.74, 6) is 2.24. The van der Waals surface area contributed by atoms with Gasteiger partial charge in [-0.1, -0.05) is 19.3 Å². The highest BCUT2D eigenvalue weighted by Gasteiger charge is 2.28. The Morgan fingerprint density at radius 3 is 2.78 bits per heavy atom. The van der Waals surface area contributed by atoms with Crippen molar-refractivity contribution < 1.29 is 0 Å². The maximum absolute atomic E-state index is 2.49. The van der Waals surface area contributed by atoms with Crippen LogP contribution in [0.25, 0.3) is 0 Å². The monoisotopic (exact) mass is 123 g/mol. The average molecular weight is 123 g/mol. The van der Waals surface area contributed by atoms with E-state index in [0.717, 1.165) is 11.8 Å². The Morgan fingerprint density at radius 1 is 1.00 bits per heavy atom. The van der Waals surface area contributed by atoms with E-state index in [9.17, 15) is 0 Å². The maximum Gasteiger partial charge on any atom is -0.0383 e. The van der Waals surface area contributed by atoms with Crippen molar-refractivity contribution in [1.82, 2.24) is 0 Å². The van der Waals surface area contributed by atoms with Gasteiger partial charge in [0.1, 0.15) is 0 Å². The summed E-state index contributed by atoms with van der Waals surface area (Å²) in [6.07, 6.45) is 11.4. The van der Waals surface area contributed by atoms with Crippen molar-refractivity contribution in [3.05, 3.63) is 6.42 Å². The largest absolute Gasteiger partial charge is 0.0528 e. The lowest BCUT2D eigenvalue weighted by Crippen LogP contribution is -2.12. The quantitative estimate of drug-likeness (QED) is 0.464. The van der Waals surface area contributed by atoms with Crippen molar-refractivity contribution in [2.24, 2.45) is 11.8 Å². The highest BCUT2D eigenvalue weighted by atomic mass is 14.3. The molecule has 2 rings (SSSR count). The van der Waals surface area contributed by atoms with E-state index in [4.69, 9.17) is 0 Å². The van der Waals surface area contributed by atoms with Crippen molar-refractivity contribution in [3.8, 4) is 0 Å². The van der Waals surface area contributed by atoms with Crippen LogP contribution < -0.4 is 0 Å². The molecule has 0 saturated heterocycles. The lowest BCUT2D eigenvalue weighted by molar-refractivity contribution is 0.319. The van der Waals surface area contributed by atoms with Gasteiger partial charge in [0.2, 0.25) is 0 Å². The Labute approximate surface area is 57.6 Å². The highest BCUT2D eigenvalue weighted by Crippen LogP contribution is 2.41. The van der Waals surface area contributed by atoms with Crippen LogP contribution in [-0.2, 0) is 0 Å². The molecule has 0 amide bonds. The van der Waals surface area contributed by atoms with Crippen LogP contribution in [0, 0.1) is 18.3 Å². The molecule has 0 heterocycles. The average Bonchev–Trinajstić information content (AvgIpc) is 2.33. The molecule has 0 bridgehead atoms. The first-order valence-electron chi connectivity index (χ1n) is 4.28. The van der Waals surface area contributed by atoms with Gasteiger partial charge in [0.25, 0.3) is 0 Å². The van der Waals surface area contributed by atoms with E-state index in [1.165, 1.54) is 32.1 Å². The molecule has 2 atom stereocenters. The third-order valence-corrected chi connectivity index (χ3v) is 3.03. The minimum Gasteiger partial charge on any atom is -0.0528 e. The first-order valence-corrected chi connectivity index (χ1v) is 4.28. The first-order chi connectivity index (χ1) is 4.47. The van der Waals surface area contributed by atoms with E-state index < -0.39 is 0 Å². The maximum atomic E-state index is 2.49. The molecule has 2 aliphatic rings. The molecule has 1 radical (unpaired) electrons. The van der Waals surface area contributed by atoms with Crippen molar-refractivity contribution in [2.75, 3.05) is 0 Å². The van der Waals surface area contributed by atoms with E-state index in [1.807, 2.05) is 0 Å². The number of rotatable bonds is 0. The lowest BCUT2D eigenvalue weighted by Gasteiger charge is -2.24. The molecule has 0 spiro atoms. The minimum absolute atomic E-state index is 1.11. The standard InChI is InChI=1S/C9H15/c1-2-5-9-7-3-6-8(9)4-1/h1,8-9H,2-7H2/t8-,9+/m1/s1. The molecule has 0 N–H and O–H groups in total. The zero-order valence-corrected chi connectivity index (χ0v) is 5.97. The third-order valence-electron chi connectivity index (χ3n) is 3.03. The molecular weight excluding hydrogens is 108 g/mol. The van der Waals surface area contributed by atoms with Crippen LogP contribution in [0.4, 0.5) is 0 Å². The fourth-order valence-corrected chi connectivity index (χ4v) is 2.47. The van der Waals surface area contributed by atoms with Crippen LogP contribution in [0.1, 0.15) is 38.5 Å². The molecule has 0 aliphatic heterocycles. The normalized spacial score (nSPS) is 42.7. The second-order valence-electron chi connectivity index (χ2n) is 3.55. The highest BCUT2D eigenvalue weighted by molar-refractivity contribution is 4.87. The fraction of sp³-hybridized carbons (Fsp3) is 0.889. The topological polar surface area (TPSA) is 0 Å². The summed E-state index contributed by atoms with van der Waals surface area (Å²) < 4.78 is 0. The van der Waals surface area contributed by atoms with Crippen LogP contribution in [0.2, 0.25) is 0 Å². The molecule has 0 aromatic heterocycles. The van der Waals surface area contributed by atoms with Gasteiger partial charge in [-0.25, -0.2) is 0 Å². The van der Waals surface area contributed by atoms with Gasteiger partial charge in [-0.2, -0.15) is 0 Å². The predicted octanol–water partition coefficient (Wildman–Crippen LogP) is 2.79. The smallest absolute Gasteiger partial charge is 0.0383 e. The summed E-state index contributed by atoms with van der Waals surface area (Å²) in [6.45, 7) is 0. The van der Waals surface area contributed by atoms with E-state index in [0.29, 0.717) is 0 Å². The van der Waals surface area contributed by atoms with E-state index in [2.05, 4.69) is 6.42 Å². The fourth-order valence-electron chi connectivity index (χ4n) is 2.47. The van der Waals surface area contributed by atoms with Crippen LogP contribution >= 0.6 is 0 Å². The molecule has 0 aromatic rings. The van der Waals surface area contributed by atoms with Crippen LogP contribution in [0.3, 0.4) is 0 Å². The number of hydrogen-bond donors (Lipinski definition) is 0. The molecule has 0 nitrogen and oxygen atoms in total. The summed E-state index contributed by atoms with van der Waals surface area (Å²) in [5.41, 5.74) is 0. The summed E-state index contributed by atoms with van der Waals surface area (Å²) in [4.78, 5) is 0. The van der Waals surface area contributed by atoms with Crippen LogP contribution in [0.5, 0.6) is 0 Å². The van der Waals surface area contributed by atoms with Gasteiger partial charge in [-0.05, 0) is 37.5 Å². The number of hydrogen-bond acceptors (Lipinski definition) is 0. The summed E-state index contributed by atoms with van der Waals surface area (Å²) in [5, 5.41) is 0. The Balaban J connectivity index is 1.97. The van der Waals surface area contributed by atoms with Crippen LogP contribution in [0.15, 0.2) is 0 Å². The molecule has 2 fully saturated rings. The summed E-state index contributed by atoms with van der Waals surface area (Å²) in [7, 11) is 0. The van der Waals surface area contributed by atoms with Crippen molar-refractivity contribution in [1.29, 1.82) is 0 Å². The Morgan fingerprint density at radius 2 is 1.89 bits per heavy atom. The molecule has 0 unspecified atom stereocenters. The Bertz CT molecular complexity index is 84.2. The third kappa shape index (κ3) is 0.997. The zero-order chi connectivity index (χ0) is 6.10. The summed E-state index contributed by atoms with van der Waals surface area (Å²) in [6, 6.07) is 0. The number of fused-ring (bicyclic) bond motifs is 1. The van der Waals surface area contributed by atoms with Crippen molar-refractivity contribution in [2.45, 2.75) is 38.5 Å². The van der Waals surface area contributed by atoms with Gasteiger partial charge in [0.05, 0.1) is 0 Å². The van der Waals surface area contributed by atoms with Gasteiger partial charge >= 0.3 is 0 Å². The predicted molar refractivity (Wildman–Crippen MR) is 39.0 cm³/mol. The second-order valence-corrected chi connectivity index (χ2v) is 3.55. The molecule has 0 aromatic carbocycles. The van der Waals surface area contributed by atoms with Gasteiger partial charge in [0.15, 0.2) is 0 Å². The molecule has 2 saturated carbocycles. The van der Waals surface area contributed by atoms with Crippen molar-refractivity contribution in [3.63, 3.8) is 0 Å². The molecule has 9 heavy (non-hydrogen) atoms. The first kappa shape index (κ1) is 5.76. The Kier molecular flexibility index (Phi) is 1.48. The minimum atomic E-state index is 1.11. The molecule has 2 aliphatic carbocycles. The second kappa shape index (κ2) is 2.32. The van der Waals surface area contributed by atoms with Gasteiger partial charge < -0.3 is 0 Å². The molecule has 0 heteroatoms. The van der Waals surface area contributed by atoms with Gasteiger partial charge in [-0.3, -0.25) is 0 Å². The van der Waals surface area contributed by atoms with E-state index >= 15 is 0 Å². The zero-order valence-electron chi connectivity index (χ0n) is 5.97. The Hall–Kier alpha value is 0. The lowest BCUT2D eigenvalue weighted by atomic mass is 9.82. The van der Waals surface area contributed by atoms with Crippen molar-refractivity contribution >= 4 is 0 Å². The van der Waals surface area contributed by atoms with Gasteiger partial charge in [-0.15, -0.1) is 0 Å². The van der Waals surface area contributed by atoms with E-state index in [-0.39, 0.29) is 0 Å². The molecular formula is C9H15. The van der Waals surface area contributed by atoms with Crippen LogP contribution in [-0.4, -0.2) is 0 Å². The van der Waals surface area contributed by atoms with Gasteiger partial charge in [0, 0.05) is 0 Å². The molecule has 51 valence electrons. The van der Waals surface area contributed by atoms with E-state index in [1.54, 1.807) is 6.42 Å². The SMILES string of the molecule is [CH]1CC[C@H]2CCC[C@H]2C1.